The number of hydrogen-bond donors (Lipinski definition) is 0. The molecule has 2 aromatic rings. The molecular weight excluding hydrogens is 287 g/mol. The fourth-order valence-electron chi connectivity index (χ4n) is 2.46. The molecule has 0 atom stereocenters. The Kier molecular flexibility index (Phi) is 4.40. The average Bonchev–Trinajstić information content (AvgIpc) is 2.89. The summed E-state index contributed by atoms with van der Waals surface area (Å²) in [6.45, 7) is 5.76. The molecule has 1 saturated heterocycles. The topological polar surface area (TPSA) is 47.7 Å². The highest BCUT2D eigenvalue weighted by atomic mass is 19.1. The Labute approximate surface area is 128 Å². The number of rotatable bonds is 4. The van der Waals surface area contributed by atoms with Gasteiger partial charge in [0.15, 0.2) is 0 Å². The first kappa shape index (κ1) is 15.0. The fourth-order valence-corrected chi connectivity index (χ4v) is 2.46. The van der Waals surface area contributed by atoms with E-state index in [-0.39, 0.29) is 0 Å². The largest absolute Gasteiger partial charge is 0.497 e. The first-order chi connectivity index (χ1) is 10.7. The molecule has 22 heavy (non-hydrogen) atoms. The molecule has 0 bridgehead atoms. The minimum Gasteiger partial charge on any atom is -0.497 e. The summed E-state index contributed by atoms with van der Waals surface area (Å²) in [7, 11) is 1.50. The number of morpholine rings is 1. The lowest BCUT2D eigenvalue weighted by Gasteiger charge is -2.25. The molecule has 3 rings (SSSR count). The van der Waals surface area contributed by atoms with Crippen LogP contribution in [0.4, 0.5) is 4.39 Å². The third-order valence-corrected chi connectivity index (χ3v) is 3.78. The van der Waals surface area contributed by atoms with E-state index < -0.39 is 5.82 Å². The molecule has 118 valence electrons. The SMILES string of the molecule is COc1ccc(-c2nc(CN3CCOCC3)c(C)o2)c(F)c1. The van der Waals surface area contributed by atoms with Gasteiger partial charge < -0.3 is 13.9 Å². The lowest BCUT2D eigenvalue weighted by atomic mass is 10.2. The van der Waals surface area contributed by atoms with E-state index in [1.165, 1.54) is 13.2 Å². The Balaban J connectivity index is 1.82. The van der Waals surface area contributed by atoms with Crippen LogP contribution in [0.3, 0.4) is 0 Å². The van der Waals surface area contributed by atoms with Crippen molar-refractivity contribution in [3.8, 4) is 17.2 Å². The molecule has 1 aromatic carbocycles. The summed E-state index contributed by atoms with van der Waals surface area (Å²) in [6, 6.07) is 4.65. The molecule has 0 saturated carbocycles. The normalized spacial score (nSPS) is 16.0. The Morgan fingerprint density at radius 1 is 1.32 bits per heavy atom. The molecule has 5 nitrogen and oxygen atoms in total. The molecule has 1 aliphatic rings. The van der Waals surface area contributed by atoms with Gasteiger partial charge in [-0.25, -0.2) is 9.37 Å². The van der Waals surface area contributed by atoms with Crippen LogP contribution in [-0.4, -0.2) is 43.3 Å². The highest BCUT2D eigenvalue weighted by Crippen LogP contribution is 2.27. The van der Waals surface area contributed by atoms with Crippen LogP contribution in [0.1, 0.15) is 11.5 Å². The van der Waals surface area contributed by atoms with Gasteiger partial charge >= 0.3 is 0 Å². The zero-order valence-corrected chi connectivity index (χ0v) is 12.8. The molecule has 0 amide bonds. The number of methoxy groups -OCH3 is 1. The second-order valence-corrected chi connectivity index (χ2v) is 5.26. The van der Waals surface area contributed by atoms with Gasteiger partial charge in [-0.2, -0.15) is 0 Å². The van der Waals surface area contributed by atoms with Crippen molar-refractivity contribution in [2.75, 3.05) is 33.4 Å². The van der Waals surface area contributed by atoms with E-state index in [0.717, 1.165) is 37.8 Å². The minimum absolute atomic E-state index is 0.306. The molecule has 1 fully saturated rings. The number of benzene rings is 1. The molecule has 1 aromatic heterocycles. The smallest absolute Gasteiger partial charge is 0.229 e. The van der Waals surface area contributed by atoms with Crippen LogP contribution in [0.25, 0.3) is 11.5 Å². The second kappa shape index (κ2) is 6.46. The quantitative estimate of drug-likeness (QED) is 0.869. The first-order valence-electron chi connectivity index (χ1n) is 7.27. The van der Waals surface area contributed by atoms with E-state index in [9.17, 15) is 4.39 Å². The molecule has 0 radical (unpaired) electrons. The van der Waals surface area contributed by atoms with Gasteiger partial charge in [-0.3, -0.25) is 4.90 Å². The van der Waals surface area contributed by atoms with Crippen molar-refractivity contribution >= 4 is 0 Å². The Hall–Kier alpha value is -1.92. The number of ether oxygens (including phenoxy) is 2. The van der Waals surface area contributed by atoms with Gasteiger partial charge in [0, 0.05) is 25.7 Å². The van der Waals surface area contributed by atoms with Crippen molar-refractivity contribution < 1.29 is 18.3 Å². The van der Waals surface area contributed by atoms with E-state index in [1.807, 2.05) is 6.92 Å². The molecule has 2 heterocycles. The van der Waals surface area contributed by atoms with E-state index in [0.29, 0.717) is 23.7 Å². The van der Waals surface area contributed by atoms with Crippen LogP contribution in [-0.2, 0) is 11.3 Å². The number of aryl methyl sites for hydroxylation is 1. The predicted molar refractivity (Wildman–Crippen MR) is 79.3 cm³/mol. The van der Waals surface area contributed by atoms with Gasteiger partial charge in [0.1, 0.15) is 17.3 Å². The van der Waals surface area contributed by atoms with Gasteiger partial charge in [0.25, 0.3) is 0 Å². The van der Waals surface area contributed by atoms with Crippen molar-refractivity contribution in [2.45, 2.75) is 13.5 Å². The van der Waals surface area contributed by atoms with Gasteiger partial charge in [-0.15, -0.1) is 0 Å². The molecule has 0 spiro atoms. The Bertz CT molecular complexity index is 651. The van der Waals surface area contributed by atoms with Crippen molar-refractivity contribution in [3.63, 3.8) is 0 Å². The van der Waals surface area contributed by atoms with Crippen molar-refractivity contribution in [3.05, 3.63) is 35.5 Å². The summed E-state index contributed by atoms with van der Waals surface area (Å²) in [5.41, 5.74) is 1.18. The minimum atomic E-state index is -0.404. The maximum Gasteiger partial charge on any atom is 0.229 e. The van der Waals surface area contributed by atoms with E-state index in [4.69, 9.17) is 13.9 Å². The lowest BCUT2D eigenvalue weighted by molar-refractivity contribution is 0.0335. The summed E-state index contributed by atoms with van der Waals surface area (Å²) >= 11 is 0. The fraction of sp³-hybridized carbons (Fsp3) is 0.438. The Morgan fingerprint density at radius 2 is 2.09 bits per heavy atom. The van der Waals surface area contributed by atoms with E-state index >= 15 is 0 Å². The monoisotopic (exact) mass is 306 g/mol. The molecular formula is C16H19FN2O3. The number of aromatic nitrogens is 1. The summed E-state index contributed by atoms with van der Waals surface area (Å²) in [5, 5.41) is 0. The number of nitrogens with zero attached hydrogens (tertiary/aromatic N) is 2. The maximum atomic E-state index is 14.1. The number of halogens is 1. The van der Waals surface area contributed by atoms with Gasteiger partial charge in [-0.1, -0.05) is 0 Å². The van der Waals surface area contributed by atoms with Crippen molar-refractivity contribution in [1.29, 1.82) is 0 Å². The standard InChI is InChI=1S/C16H19FN2O3/c1-11-15(10-19-5-7-21-8-6-19)18-16(22-11)13-4-3-12(20-2)9-14(13)17/h3-4,9H,5-8,10H2,1-2H3. The van der Waals surface area contributed by atoms with E-state index in [2.05, 4.69) is 9.88 Å². The van der Waals surface area contributed by atoms with E-state index in [1.54, 1.807) is 12.1 Å². The van der Waals surface area contributed by atoms with Gasteiger partial charge in [0.2, 0.25) is 5.89 Å². The molecule has 1 aliphatic heterocycles. The highest BCUT2D eigenvalue weighted by Gasteiger charge is 2.18. The van der Waals surface area contributed by atoms with Crippen molar-refractivity contribution in [1.82, 2.24) is 9.88 Å². The van der Waals surface area contributed by atoms with Crippen LogP contribution in [0.5, 0.6) is 5.75 Å². The third kappa shape index (κ3) is 3.13. The van der Waals surface area contributed by atoms with Gasteiger partial charge in [0.05, 0.1) is 31.6 Å². The molecule has 0 N–H and O–H groups in total. The summed E-state index contributed by atoms with van der Waals surface area (Å²) in [5.74, 6) is 1.09. The zero-order chi connectivity index (χ0) is 15.5. The molecule has 0 aliphatic carbocycles. The molecule has 6 heteroatoms. The third-order valence-electron chi connectivity index (χ3n) is 3.78. The Morgan fingerprint density at radius 3 is 2.77 bits per heavy atom. The van der Waals surface area contributed by atoms with Crippen molar-refractivity contribution in [2.24, 2.45) is 0 Å². The number of hydrogen-bond acceptors (Lipinski definition) is 5. The van der Waals surface area contributed by atoms with Gasteiger partial charge in [-0.05, 0) is 19.1 Å². The summed E-state index contributed by atoms with van der Waals surface area (Å²) in [4.78, 5) is 6.71. The van der Waals surface area contributed by atoms with Crippen LogP contribution < -0.4 is 4.74 Å². The predicted octanol–water partition coefficient (Wildman–Crippen LogP) is 2.63. The van der Waals surface area contributed by atoms with Crippen LogP contribution in [0.2, 0.25) is 0 Å². The van der Waals surface area contributed by atoms with Crippen LogP contribution in [0, 0.1) is 12.7 Å². The second-order valence-electron chi connectivity index (χ2n) is 5.26. The first-order valence-corrected chi connectivity index (χ1v) is 7.27. The highest BCUT2D eigenvalue weighted by molar-refractivity contribution is 5.56. The van der Waals surface area contributed by atoms with Crippen LogP contribution >= 0.6 is 0 Å². The zero-order valence-electron chi connectivity index (χ0n) is 12.8. The summed E-state index contributed by atoms with van der Waals surface area (Å²) in [6.07, 6.45) is 0. The maximum absolute atomic E-state index is 14.1. The number of oxazole rings is 1. The lowest BCUT2D eigenvalue weighted by Crippen LogP contribution is -2.35. The summed E-state index contributed by atoms with van der Waals surface area (Å²) < 4.78 is 30.1. The van der Waals surface area contributed by atoms with Crippen LogP contribution in [0.15, 0.2) is 22.6 Å². The average molecular weight is 306 g/mol. The molecule has 0 unspecified atom stereocenters.